The predicted octanol–water partition coefficient (Wildman–Crippen LogP) is 5.99. The Kier molecular flexibility index (Phi) is 4.73. The first-order chi connectivity index (χ1) is 13.2. The molecule has 0 aliphatic heterocycles. The summed E-state index contributed by atoms with van der Waals surface area (Å²) in [6.07, 6.45) is 1.77. The van der Waals surface area contributed by atoms with Crippen molar-refractivity contribution in [1.82, 2.24) is 0 Å². The molecule has 1 heterocycles. The first kappa shape index (κ1) is 17.1. The van der Waals surface area contributed by atoms with Crippen molar-refractivity contribution in [2.75, 3.05) is 0 Å². The number of para-hydroxylation sites is 1. The molecular weight excluding hydrogens is 362 g/mol. The standard InChI is InChI=1S/C22H14ClNO3/c23-16-7-5-15(6-8-16)14-24-17-9-11-18(12-10-17)26-21-13-22(25)27-20-4-2-1-3-19(20)21/h1-14H. The van der Waals surface area contributed by atoms with Crippen molar-refractivity contribution in [3.05, 3.63) is 99.9 Å². The molecule has 0 saturated carbocycles. The molecule has 3 aromatic carbocycles. The van der Waals surface area contributed by atoms with Crippen LogP contribution in [0.25, 0.3) is 11.0 Å². The Hall–Kier alpha value is -3.37. The van der Waals surface area contributed by atoms with Crippen LogP contribution in [0.4, 0.5) is 5.69 Å². The van der Waals surface area contributed by atoms with E-state index in [1.54, 1.807) is 24.4 Å². The Bertz CT molecular complexity index is 1160. The van der Waals surface area contributed by atoms with E-state index in [-0.39, 0.29) is 0 Å². The summed E-state index contributed by atoms with van der Waals surface area (Å²) in [4.78, 5) is 16.1. The average molecular weight is 376 g/mol. The number of nitrogens with zero attached hydrogens (tertiary/aromatic N) is 1. The van der Waals surface area contributed by atoms with Crippen LogP contribution in [0.2, 0.25) is 5.02 Å². The Morgan fingerprint density at radius 2 is 1.67 bits per heavy atom. The van der Waals surface area contributed by atoms with E-state index in [0.29, 0.717) is 22.1 Å². The Labute approximate surface area is 160 Å². The quantitative estimate of drug-likeness (QED) is 0.325. The molecule has 0 radical (unpaired) electrons. The number of benzene rings is 3. The smallest absolute Gasteiger partial charge is 0.339 e. The van der Waals surface area contributed by atoms with E-state index in [1.165, 1.54) is 6.07 Å². The van der Waals surface area contributed by atoms with Gasteiger partial charge < -0.3 is 9.15 Å². The summed E-state index contributed by atoms with van der Waals surface area (Å²) in [5, 5.41) is 1.43. The summed E-state index contributed by atoms with van der Waals surface area (Å²) in [6.45, 7) is 0. The van der Waals surface area contributed by atoms with E-state index in [4.69, 9.17) is 20.8 Å². The lowest BCUT2D eigenvalue weighted by Crippen LogP contribution is -1.98. The molecule has 4 rings (SSSR count). The summed E-state index contributed by atoms with van der Waals surface area (Å²) in [6, 6.07) is 23.3. The summed E-state index contributed by atoms with van der Waals surface area (Å²) >= 11 is 5.88. The molecule has 27 heavy (non-hydrogen) atoms. The largest absolute Gasteiger partial charge is 0.456 e. The molecule has 0 aliphatic carbocycles. The molecule has 0 saturated heterocycles. The zero-order valence-corrected chi connectivity index (χ0v) is 14.9. The van der Waals surface area contributed by atoms with E-state index in [0.717, 1.165) is 16.6 Å². The van der Waals surface area contributed by atoms with Gasteiger partial charge in [0, 0.05) is 11.2 Å². The van der Waals surface area contributed by atoms with Crippen molar-refractivity contribution in [2.24, 2.45) is 4.99 Å². The van der Waals surface area contributed by atoms with Gasteiger partial charge in [0.05, 0.1) is 17.1 Å². The molecule has 0 bridgehead atoms. The van der Waals surface area contributed by atoms with Gasteiger partial charge in [0.15, 0.2) is 0 Å². The second kappa shape index (κ2) is 7.48. The highest BCUT2D eigenvalue weighted by molar-refractivity contribution is 6.30. The fourth-order valence-corrected chi connectivity index (χ4v) is 2.72. The van der Waals surface area contributed by atoms with Crippen molar-refractivity contribution in [3.63, 3.8) is 0 Å². The monoisotopic (exact) mass is 375 g/mol. The Balaban J connectivity index is 1.55. The molecule has 0 unspecified atom stereocenters. The first-order valence-corrected chi connectivity index (χ1v) is 8.66. The summed E-state index contributed by atoms with van der Waals surface area (Å²) < 4.78 is 11.1. The molecule has 0 atom stereocenters. The fourth-order valence-electron chi connectivity index (χ4n) is 2.59. The molecular formula is C22H14ClNO3. The minimum absolute atomic E-state index is 0.451. The van der Waals surface area contributed by atoms with Crippen LogP contribution in [0.15, 0.2) is 93.1 Å². The van der Waals surface area contributed by atoms with Crippen molar-refractivity contribution in [2.45, 2.75) is 0 Å². The van der Waals surface area contributed by atoms with Crippen LogP contribution in [0, 0.1) is 0 Å². The van der Waals surface area contributed by atoms with Gasteiger partial charge in [-0.15, -0.1) is 0 Å². The van der Waals surface area contributed by atoms with Gasteiger partial charge in [-0.25, -0.2) is 4.79 Å². The third kappa shape index (κ3) is 4.07. The van der Waals surface area contributed by atoms with Crippen LogP contribution in [0.3, 0.4) is 0 Å². The van der Waals surface area contributed by atoms with Crippen LogP contribution in [0.5, 0.6) is 11.5 Å². The van der Waals surface area contributed by atoms with Crippen molar-refractivity contribution in [1.29, 1.82) is 0 Å². The van der Waals surface area contributed by atoms with Crippen LogP contribution in [-0.2, 0) is 0 Å². The normalized spacial score (nSPS) is 11.1. The van der Waals surface area contributed by atoms with Gasteiger partial charge in [-0.3, -0.25) is 4.99 Å². The molecule has 0 amide bonds. The maximum Gasteiger partial charge on any atom is 0.339 e. The van der Waals surface area contributed by atoms with Gasteiger partial charge in [-0.2, -0.15) is 0 Å². The molecule has 0 N–H and O–H groups in total. The highest BCUT2D eigenvalue weighted by atomic mass is 35.5. The zero-order valence-electron chi connectivity index (χ0n) is 14.1. The maximum absolute atomic E-state index is 11.7. The van der Waals surface area contributed by atoms with Crippen LogP contribution >= 0.6 is 11.6 Å². The van der Waals surface area contributed by atoms with E-state index in [2.05, 4.69) is 4.99 Å². The number of hydrogen-bond acceptors (Lipinski definition) is 4. The van der Waals surface area contributed by atoms with Gasteiger partial charge in [0.2, 0.25) is 0 Å². The maximum atomic E-state index is 11.7. The van der Waals surface area contributed by atoms with E-state index >= 15 is 0 Å². The van der Waals surface area contributed by atoms with Gasteiger partial charge >= 0.3 is 5.63 Å². The van der Waals surface area contributed by atoms with Gasteiger partial charge in [0.25, 0.3) is 0 Å². The molecule has 0 aliphatic rings. The minimum Gasteiger partial charge on any atom is -0.456 e. The summed E-state index contributed by atoms with van der Waals surface area (Å²) in [5.41, 5.74) is 1.79. The van der Waals surface area contributed by atoms with E-state index in [9.17, 15) is 4.79 Å². The molecule has 0 fully saturated rings. The van der Waals surface area contributed by atoms with Crippen LogP contribution in [-0.4, -0.2) is 6.21 Å². The second-order valence-electron chi connectivity index (χ2n) is 5.83. The van der Waals surface area contributed by atoms with Crippen molar-refractivity contribution < 1.29 is 9.15 Å². The van der Waals surface area contributed by atoms with Gasteiger partial charge in [0.1, 0.15) is 17.1 Å². The molecule has 4 aromatic rings. The minimum atomic E-state index is -0.451. The van der Waals surface area contributed by atoms with Crippen molar-refractivity contribution >= 4 is 34.5 Å². The molecule has 0 spiro atoms. The fraction of sp³-hybridized carbons (Fsp3) is 0. The number of rotatable bonds is 4. The predicted molar refractivity (Wildman–Crippen MR) is 108 cm³/mol. The Morgan fingerprint density at radius 3 is 2.44 bits per heavy atom. The summed E-state index contributed by atoms with van der Waals surface area (Å²) in [7, 11) is 0. The molecule has 4 nitrogen and oxygen atoms in total. The van der Waals surface area contributed by atoms with Crippen molar-refractivity contribution in [3.8, 4) is 11.5 Å². The lowest BCUT2D eigenvalue weighted by atomic mass is 10.2. The number of hydrogen-bond donors (Lipinski definition) is 0. The van der Waals surface area contributed by atoms with Gasteiger partial charge in [-0.1, -0.05) is 35.9 Å². The second-order valence-corrected chi connectivity index (χ2v) is 6.27. The lowest BCUT2D eigenvalue weighted by molar-refractivity contribution is 0.475. The highest BCUT2D eigenvalue weighted by Crippen LogP contribution is 2.29. The number of ether oxygens (including phenoxy) is 1. The Morgan fingerprint density at radius 1 is 0.926 bits per heavy atom. The highest BCUT2D eigenvalue weighted by Gasteiger charge is 2.07. The molecule has 1 aromatic heterocycles. The molecule has 5 heteroatoms. The number of aliphatic imine (C=N–C) groups is 1. The average Bonchev–Trinajstić information content (AvgIpc) is 2.68. The van der Waals surface area contributed by atoms with Crippen LogP contribution in [0.1, 0.15) is 5.56 Å². The zero-order chi connectivity index (χ0) is 18.6. The molecule has 132 valence electrons. The third-order valence-corrected chi connectivity index (χ3v) is 4.16. The number of fused-ring (bicyclic) bond motifs is 1. The SMILES string of the molecule is O=c1cc(Oc2ccc(N=Cc3ccc(Cl)cc3)cc2)c2ccccc2o1. The van der Waals surface area contributed by atoms with E-state index < -0.39 is 5.63 Å². The first-order valence-electron chi connectivity index (χ1n) is 8.28. The van der Waals surface area contributed by atoms with E-state index in [1.807, 2.05) is 54.6 Å². The third-order valence-electron chi connectivity index (χ3n) is 3.91. The van der Waals surface area contributed by atoms with Gasteiger partial charge in [-0.05, 0) is 54.1 Å². The number of halogens is 1. The topological polar surface area (TPSA) is 51.8 Å². The lowest BCUT2D eigenvalue weighted by Gasteiger charge is -2.08. The van der Waals surface area contributed by atoms with Crippen LogP contribution < -0.4 is 10.4 Å². The summed E-state index contributed by atoms with van der Waals surface area (Å²) in [5.74, 6) is 1.07.